The van der Waals surface area contributed by atoms with E-state index in [2.05, 4.69) is 0 Å². The van der Waals surface area contributed by atoms with E-state index in [0.29, 0.717) is 0 Å². The zero-order chi connectivity index (χ0) is 18.2. The van der Waals surface area contributed by atoms with Crippen LogP contribution in [0.5, 0.6) is 0 Å². The van der Waals surface area contributed by atoms with Crippen molar-refractivity contribution in [3.8, 4) is 0 Å². The Kier molecular flexibility index (Phi) is 4.70. The molecular weight excluding hydrogens is 365 g/mol. The van der Waals surface area contributed by atoms with Crippen LogP contribution in [0.1, 0.15) is 12.0 Å². The van der Waals surface area contributed by atoms with E-state index in [0.717, 1.165) is 10.4 Å². The van der Waals surface area contributed by atoms with E-state index in [1.54, 1.807) is 18.2 Å². The zero-order valence-corrected chi connectivity index (χ0v) is 15.2. The molecule has 1 heterocycles. The van der Waals surface area contributed by atoms with Crippen molar-refractivity contribution >= 4 is 19.9 Å². The summed E-state index contributed by atoms with van der Waals surface area (Å²) in [7, 11) is -7.45. The van der Waals surface area contributed by atoms with E-state index in [4.69, 9.17) is 0 Å². The molecule has 0 bridgehead atoms. The summed E-state index contributed by atoms with van der Waals surface area (Å²) in [5.74, 6) is -0.482. The molecule has 2 aromatic carbocycles. The average Bonchev–Trinajstić information content (AvgIpc) is 3.10. The Morgan fingerprint density at radius 2 is 1.68 bits per heavy atom. The SMILES string of the molecule is Cc1cc(S(=O)(=O)N2CCC(S(=O)(=O)c3ccccc3)C2)ccc1F. The van der Waals surface area contributed by atoms with Gasteiger partial charge in [-0.1, -0.05) is 18.2 Å². The first-order chi connectivity index (χ1) is 11.7. The van der Waals surface area contributed by atoms with E-state index in [1.807, 2.05) is 0 Å². The number of halogens is 1. The van der Waals surface area contributed by atoms with E-state index >= 15 is 0 Å². The van der Waals surface area contributed by atoms with Gasteiger partial charge in [0, 0.05) is 13.1 Å². The maximum absolute atomic E-state index is 13.4. The quantitative estimate of drug-likeness (QED) is 0.813. The number of aryl methyl sites for hydroxylation is 1. The van der Waals surface area contributed by atoms with Crippen LogP contribution in [0.15, 0.2) is 58.3 Å². The maximum Gasteiger partial charge on any atom is 0.243 e. The summed E-state index contributed by atoms with van der Waals surface area (Å²) in [6, 6.07) is 11.6. The fraction of sp³-hybridized carbons (Fsp3) is 0.294. The van der Waals surface area contributed by atoms with Crippen molar-refractivity contribution in [2.75, 3.05) is 13.1 Å². The second-order valence-electron chi connectivity index (χ2n) is 6.04. The molecule has 8 heteroatoms. The molecule has 0 radical (unpaired) electrons. The van der Waals surface area contributed by atoms with Crippen molar-refractivity contribution in [2.45, 2.75) is 28.4 Å². The summed E-state index contributed by atoms with van der Waals surface area (Å²) in [5.41, 5.74) is 0.230. The van der Waals surface area contributed by atoms with Crippen LogP contribution in [0.4, 0.5) is 4.39 Å². The van der Waals surface area contributed by atoms with E-state index in [9.17, 15) is 21.2 Å². The van der Waals surface area contributed by atoms with Crippen LogP contribution >= 0.6 is 0 Å². The van der Waals surface area contributed by atoms with Crippen LogP contribution in [-0.2, 0) is 19.9 Å². The third-order valence-corrected chi connectivity index (χ3v) is 8.44. The van der Waals surface area contributed by atoms with Crippen LogP contribution < -0.4 is 0 Å². The normalized spacial score (nSPS) is 19.2. The van der Waals surface area contributed by atoms with Gasteiger partial charge in [-0.05, 0) is 49.2 Å². The number of sulfonamides is 1. The Hall–Kier alpha value is -1.77. The van der Waals surface area contributed by atoms with Crippen LogP contribution in [0, 0.1) is 12.7 Å². The molecule has 0 spiro atoms. The number of sulfone groups is 1. The second kappa shape index (κ2) is 6.51. The lowest BCUT2D eigenvalue weighted by Gasteiger charge is -2.17. The lowest BCUT2D eigenvalue weighted by molar-refractivity contribution is 0.476. The minimum Gasteiger partial charge on any atom is -0.223 e. The topological polar surface area (TPSA) is 71.5 Å². The molecule has 2 aromatic rings. The summed E-state index contributed by atoms with van der Waals surface area (Å²) >= 11 is 0. The first-order valence-corrected chi connectivity index (χ1v) is 10.8. The first-order valence-electron chi connectivity index (χ1n) is 7.78. The van der Waals surface area contributed by atoms with Crippen LogP contribution in [0.3, 0.4) is 0 Å². The fourth-order valence-corrected chi connectivity index (χ4v) is 6.29. The average molecular weight is 383 g/mol. The predicted molar refractivity (Wildman–Crippen MR) is 91.9 cm³/mol. The largest absolute Gasteiger partial charge is 0.243 e. The van der Waals surface area contributed by atoms with Crippen molar-refractivity contribution < 1.29 is 21.2 Å². The minimum absolute atomic E-state index is 0.0239. The monoisotopic (exact) mass is 383 g/mol. The molecule has 134 valence electrons. The smallest absolute Gasteiger partial charge is 0.223 e. The highest BCUT2D eigenvalue weighted by Crippen LogP contribution is 2.28. The molecule has 1 aliphatic rings. The van der Waals surface area contributed by atoms with Gasteiger partial charge in [-0.25, -0.2) is 21.2 Å². The molecule has 5 nitrogen and oxygen atoms in total. The van der Waals surface area contributed by atoms with Gasteiger partial charge in [0.25, 0.3) is 0 Å². The highest BCUT2D eigenvalue weighted by atomic mass is 32.2. The summed E-state index contributed by atoms with van der Waals surface area (Å²) in [6.45, 7) is 1.51. The van der Waals surface area contributed by atoms with E-state index in [-0.39, 0.29) is 34.9 Å². The molecule has 0 amide bonds. The third-order valence-electron chi connectivity index (χ3n) is 4.39. The molecule has 1 unspecified atom stereocenters. The van der Waals surface area contributed by atoms with Gasteiger partial charge in [-0.3, -0.25) is 0 Å². The standard InChI is InChI=1S/C17H18FNO4S2/c1-13-11-15(7-8-17(13)18)25(22,23)19-10-9-16(12-19)24(20,21)14-5-3-2-4-6-14/h2-8,11,16H,9-10,12H2,1H3. The minimum atomic E-state index is -3.85. The molecule has 1 saturated heterocycles. The number of rotatable bonds is 4. The highest BCUT2D eigenvalue weighted by Gasteiger charge is 2.39. The van der Waals surface area contributed by atoms with Crippen molar-refractivity contribution in [1.82, 2.24) is 4.31 Å². The van der Waals surface area contributed by atoms with Crippen LogP contribution in [0.25, 0.3) is 0 Å². The van der Waals surface area contributed by atoms with Crippen LogP contribution in [0.2, 0.25) is 0 Å². The zero-order valence-electron chi connectivity index (χ0n) is 13.6. The Balaban J connectivity index is 1.86. The third kappa shape index (κ3) is 3.33. The van der Waals surface area contributed by atoms with Gasteiger partial charge in [0.2, 0.25) is 10.0 Å². The molecule has 0 aromatic heterocycles. The number of benzene rings is 2. The van der Waals surface area contributed by atoms with Crippen LogP contribution in [-0.4, -0.2) is 39.5 Å². The molecule has 1 fully saturated rings. The maximum atomic E-state index is 13.4. The fourth-order valence-electron chi connectivity index (χ4n) is 2.90. The van der Waals surface area contributed by atoms with Gasteiger partial charge in [0.1, 0.15) is 5.82 Å². The Bertz CT molecular complexity index is 989. The van der Waals surface area contributed by atoms with E-state index in [1.165, 1.54) is 31.2 Å². The summed E-state index contributed by atoms with van der Waals surface area (Å²) in [4.78, 5) is 0.168. The van der Waals surface area contributed by atoms with Gasteiger partial charge >= 0.3 is 0 Å². The lowest BCUT2D eigenvalue weighted by atomic mass is 10.2. The van der Waals surface area contributed by atoms with Gasteiger partial charge in [-0.15, -0.1) is 0 Å². The van der Waals surface area contributed by atoms with Gasteiger partial charge in [0.15, 0.2) is 9.84 Å². The number of nitrogens with zero attached hydrogens (tertiary/aromatic N) is 1. The predicted octanol–water partition coefficient (Wildman–Crippen LogP) is 2.37. The second-order valence-corrected chi connectivity index (χ2v) is 10.2. The van der Waals surface area contributed by atoms with Crippen molar-refractivity contribution in [3.63, 3.8) is 0 Å². The highest BCUT2D eigenvalue weighted by molar-refractivity contribution is 7.92. The Morgan fingerprint density at radius 3 is 2.32 bits per heavy atom. The first kappa shape index (κ1) is 18.0. The molecule has 0 saturated carbocycles. The molecule has 0 aliphatic carbocycles. The van der Waals surface area contributed by atoms with E-state index < -0.39 is 30.9 Å². The molecular formula is C17H18FNO4S2. The van der Waals surface area contributed by atoms with Gasteiger partial charge < -0.3 is 0 Å². The summed E-state index contributed by atoms with van der Waals surface area (Å²) in [6.07, 6.45) is 0.233. The Labute approximate surface area is 147 Å². The summed E-state index contributed by atoms with van der Waals surface area (Å²) in [5, 5.41) is -0.786. The molecule has 0 N–H and O–H groups in total. The molecule has 3 rings (SSSR count). The number of hydrogen-bond acceptors (Lipinski definition) is 4. The summed E-state index contributed by atoms with van der Waals surface area (Å²) < 4.78 is 65.3. The van der Waals surface area contributed by atoms with Gasteiger partial charge in [-0.2, -0.15) is 4.31 Å². The molecule has 1 aliphatic heterocycles. The van der Waals surface area contributed by atoms with Crippen molar-refractivity contribution in [2.24, 2.45) is 0 Å². The van der Waals surface area contributed by atoms with Gasteiger partial charge in [0.05, 0.1) is 15.0 Å². The number of hydrogen-bond donors (Lipinski definition) is 0. The van der Waals surface area contributed by atoms with Crippen molar-refractivity contribution in [1.29, 1.82) is 0 Å². The lowest BCUT2D eigenvalue weighted by Crippen LogP contribution is -2.32. The Morgan fingerprint density at radius 1 is 1.00 bits per heavy atom. The van der Waals surface area contributed by atoms with Crippen molar-refractivity contribution in [3.05, 3.63) is 59.9 Å². The molecule has 25 heavy (non-hydrogen) atoms. The molecule has 1 atom stereocenters.